The SMILES string of the molecule is Cc1ccc(S(=O)(=O)NC[C@H]2[NH2+]CCc3ccccc32)cc1. The smallest absolute Gasteiger partial charge is 0.240 e. The summed E-state index contributed by atoms with van der Waals surface area (Å²) in [5, 5.41) is 2.21. The fourth-order valence-electron chi connectivity index (χ4n) is 2.88. The summed E-state index contributed by atoms with van der Waals surface area (Å²) in [5.74, 6) is 0. The summed E-state index contributed by atoms with van der Waals surface area (Å²) in [5.41, 5.74) is 3.61. The molecule has 0 fully saturated rings. The number of hydrogen-bond acceptors (Lipinski definition) is 2. The normalized spacial score (nSPS) is 18.0. The van der Waals surface area contributed by atoms with Crippen LogP contribution < -0.4 is 10.0 Å². The molecular weight excluding hydrogens is 296 g/mol. The van der Waals surface area contributed by atoms with Gasteiger partial charge in [0.2, 0.25) is 10.0 Å². The number of hydrogen-bond donors (Lipinski definition) is 2. The number of rotatable bonds is 4. The largest absolute Gasteiger partial charge is 0.339 e. The van der Waals surface area contributed by atoms with Crippen molar-refractivity contribution >= 4 is 10.0 Å². The quantitative estimate of drug-likeness (QED) is 0.888. The number of nitrogens with one attached hydrogen (secondary N) is 1. The number of quaternary nitrogens is 1. The molecular formula is C17H21N2O2S+. The zero-order chi connectivity index (χ0) is 15.6. The number of nitrogens with two attached hydrogens (primary N) is 1. The molecule has 1 aliphatic rings. The number of benzene rings is 2. The molecule has 0 bridgehead atoms. The van der Waals surface area contributed by atoms with Gasteiger partial charge in [0.25, 0.3) is 0 Å². The van der Waals surface area contributed by atoms with E-state index in [1.807, 2.05) is 31.2 Å². The maximum absolute atomic E-state index is 12.4. The first-order valence-electron chi connectivity index (χ1n) is 7.54. The van der Waals surface area contributed by atoms with Crippen molar-refractivity contribution in [3.05, 3.63) is 65.2 Å². The van der Waals surface area contributed by atoms with E-state index in [0.717, 1.165) is 18.5 Å². The van der Waals surface area contributed by atoms with Crippen molar-refractivity contribution in [2.45, 2.75) is 24.3 Å². The van der Waals surface area contributed by atoms with Crippen LogP contribution in [-0.4, -0.2) is 21.5 Å². The molecule has 0 saturated heterocycles. The summed E-state index contributed by atoms with van der Waals surface area (Å²) >= 11 is 0. The average Bonchev–Trinajstić information content (AvgIpc) is 2.53. The van der Waals surface area contributed by atoms with E-state index in [1.54, 1.807) is 12.1 Å². The van der Waals surface area contributed by atoms with Crippen LogP contribution in [0.15, 0.2) is 53.4 Å². The second kappa shape index (κ2) is 6.20. The lowest BCUT2D eigenvalue weighted by Crippen LogP contribution is -2.88. The van der Waals surface area contributed by atoms with E-state index < -0.39 is 10.0 Å². The maximum Gasteiger partial charge on any atom is 0.240 e. The van der Waals surface area contributed by atoms with Gasteiger partial charge in [0, 0.05) is 12.0 Å². The van der Waals surface area contributed by atoms with E-state index in [4.69, 9.17) is 0 Å². The van der Waals surface area contributed by atoms with Gasteiger partial charge in [0.15, 0.2) is 0 Å². The zero-order valence-corrected chi connectivity index (χ0v) is 13.4. The molecule has 1 heterocycles. The summed E-state index contributed by atoms with van der Waals surface area (Å²) in [6.07, 6.45) is 1.04. The highest BCUT2D eigenvalue weighted by Gasteiger charge is 2.24. The molecule has 0 amide bonds. The highest BCUT2D eigenvalue weighted by molar-refractivity contribution is 7.89. The Balaban J connectivity index is 1.74. The number of fused-ring (bicyclic) bond motifs is 1. The first-order chi connectivity index (χ1) is 10.6. The zero-order valence-electron chi connectivity index (χ0n) is 12.6. The van der Waals surface area contributed by atoms with Crippen molar-refractivity contribution in [1.29, 1.82) is 0 Å². The predicted octanol–water partition coefficient (Wildman–Crippen LogP) is 1.13. The molecule has 0 unspecified atom stereocenters. The van der Waals surface area contributed by atoms with E-state index in [-0.39, 0.29) is 6.04 Å². The van der Waals surface area contributed by atoms with Gasteiger partial charge in [-0.25, -0.2) is 13.1 Å². The van der Waals surface area contributed by atoms with Crippen LogP contribution in [0.5, 0.6) is 0 Å². The molecule has 3 N–H and O–H groups in total. The fourth-order valence-corrected chi connectivity index (χ4v) is 3.94. The maximum atomic E-state index is 12.4. The highest BCUT2D eigenvalue weighted by atomic mass is 32.2. The van der Waals surface area contributed by atoms with Crippen LogP contribution in [0, 0.1) is 6.92 Å². The Morgan fingerprint density at radius 1 is 1.14 bits per heavy atom. The molecule has 4 nitrogen and oxygen atoms in total. The molecule has 0 saturated carbocycles. The monoisotopic (exact) mass is 317 g/mol. The van der Waals surface area contributed by atoms with Crippen molar-refractivity contribution < 1.29 is 13.7 Å². The molecule has 3 rings (SSSR count). The van der Waals surface area contributed by atoms with Crippen molar-refractivity contribution in [1.82, 2.24) is 4.72 Å². The van der Waals surface area contributed by atoms with E-state index in [1.165, 1.54) is 11.1 Å². The molecule has 0 radical (unpaired) electrons. The van der Waals surface area contributed by atoms with Gasteiger partial charge >= 0.3 is 0 Å². The molecule has 2 aromatic rings. The molecule has 0 aromatic heterocycles. The third-order valence-corrected chi connectivity index (χ3v) is 5.58. The van der Waals surface area contributed by atoms with Crippen molar-refractivity contribution in [2.75, 3.05) is 13.1 Å². The van der Waals surface area contributed by atoms with Gasteiger partial charge < -0.3 is 5.32 Å². The topological polar surface area (TPSA) is 62.8 Å². The van der Waals surface area contributed by atoms with E-state index >= 15 is 0 Å². The van der Waals surface area contributed by atoms with Gasteiger partial charge in [-0.2, -0.15) is 0 Å². The first kappa shape index (κ1) is 15.2. The Morgan fingerprint density at radius 2 is 1.86 bits per heavy atom. The minimum absolute atomic E-state index is 0.144. The van der Waals surface area contributed by atoms with Crippen LogP contribution in [-0.2, 0) is 16.4 Å². The van der Waals surface area contributed by atoms with Gasteiger partial charge in [-0.1, -0.05) is 42.0 Å². The van der Waals surface area contributed by atoms with Gasteiger partial charge in [0.1, 0.15) is 6.04 Å². The van der Waals surface area contributed by atoms with Crippen molar-refractivity contribution in [3.8, 4) is 0 Å². The number of aryl methyl sites for hydroxylation is 1. The van der Waals surface area contributed by atoms with Crippen LogP contribution >= 0.6 is 0 Å². The lowest BCUT2D eigenvalue weighted by Gasteiger charge is -2.24. The summed E-state index contributed by atoms with van der Waals surface area (Å²) < 4.78 is 27.5. The summed E-state index contributed by atoms with van der Waals surface area (Å²) in [7, 11) is -3.45. The average molecular weight is 317 g/mol. The Morgan fingerprint density at radius 3 is 2.64 bits per heavy atom. The molecule has 1 atom stereocenters. The molecule has 2 aromatic carbocycles. The number of sulfonamides is 1. The molecule has 0 spiro atoms. The van der Waals surface area contributed by atoms with Gasteiger partial charge in [-0.15, -0.1) is 0 Å². The Bertz CT molecular complexity index is 754. The minimum Gasteiger partial charge on any atom is -0.339 e. The Labute approximate surface area is 131 Å². The lowest BCUT2D eigenvalue weighted by atomic mass is 9.95. The molecule has 5 heteroatoms. The molecule has 116 valence electrons. The van der Waals surface area contributed by atoms with Crippen LogP contribution in [0.25, 0.3) is 0 Å². The highest BCUT2D eigenvalue weighted by Crippen LogP contribution is 2.18. The van der Waals surface area contributed by atoms with Crippen LogP contribution in [0.3, 0.4) is 0 Å². The summed E-state index contributed by atoms with van der Waals surface area (Å²) in [6, 6.07) is 15.3. The second-order valence-electron chi connectivity index (χ2n) is 5.74. The standard InChI is InChI=1S/C17H20N2O2S/c1-13-6-8-15(9-7-13)22(20,21)19-12-17-16-5-3-2-4-14(16)10-11-18-17/h2-9,17-19H,10-12H2,1H3/p+1/t17-/m1/s1. The summed E-state index contributed by atoms with van der Waals surface area (Å²) in [4.78, 5) is 0.321. The third kappa shape index (κ3) is 3.21. The lowest BCUT2D eigenvalue weighted by molar-refractivity contribution is -0.697. The van der Waals surface area contributed by atoms with E-state index in [0.29, 0.717) is 11.4 Å². The van der Waals surface area contributed by atoms with Crippen LogP contribution in [0.4, 0.5) is 0 Å². The molecule has 22 heavy (non-hydrogen) atoms. The summed E-state index contributed by atoms with van der Waals surface area (Å²) in [6.45, 7) is 3.35. The molecule has 1 aliphatic heterocycles. The second-order valence-corrected chi connectivity index (χ2v) is 7.51. The van der Waals surface area contributed by atoms with Crippen molar-refractivity contribution in [2.24, 2.45) is 0 Å². The van der Waals surface area contributed by atoms with E-state index in [9.17, 15) is 8.42 Å². The predicted molar refractivity (Wildman–Crippen MR) is 86.0 cm³/mol. The van der Waals surface area contributed by atoms with Gasteiger partial charge in [0.05, 0.1) is 18.0 Å². The first-order valence-corrected chi connectivity index (χ1v) is 9.02. The Kier molecular flexibility index (Phi) is 4.29. The van der Waals surface area contributed by atoms with E-state index in [2.05, 4.69) is 22.2 Å². The minimum atomic E-state index is -3.45. The fraction of sp³-hybridized carbons (Fsp3) is 0.294. The van der Waals surface area contributed by atoms with Crippen LogP contribution in [0.2, 0.25) is 0 Å². The van der Waals surface area contributed by atoms with Gasteiger partial charge in [-0.3, -0.25) is 0 Å². The van der Waals surface area contributed by atoms with Crippen LogP contribution in [0.1, 0.15) is 22.7 Å². The third-order valence-electron chi connectivity index (χ3n) is 4.14. The van der Waals surface area contributed by atoms with Gasteiger partial charge in [-0.05, 0) is 24.6 Å². The van der Waals surface area contributed by atoms with Crippen molar-refractivity contribution in [3.63, 3.8) is 0 Å². The molecule has 0 aliphatic carbocycles. The Hall–Kier alpha value is -1.69.